The molecule has 0 aliphatic carbocycles. The molecule has 0 bridgehead atoms. The Bertz CT molecular complexity index is 66.1. The summed E-state index contributed by atoms with van der Waals surface area (Å²) in [6, 6.07) is 0. The van der Waals surface area contributed by atoms with Gasteiger partial charge in [-0.3, -0.25) is 4.79 Å². The van der Waals surface area contributed by atoms with Crippen LogP contribution in [-0.4, -0.2) is 18.0 Å². The highest BCUT2D eigenvalue weighted by atomic mass is 32.2. The zero-order valence-corrected chi connectivity index (χ0v) is 7.34. The van der Waals surface area contributed by atoms with Crippen LogP contribution in [0.2, 0.25) is 0 Å². The predicted molar refractivity (Wildman–Crippen MR) is 43.9 cm³/mol. The van der Waals surface area contributed by atoms with E-state index in [4.69, 9.17) is 0 Å². The molecular weight excluding hydrogens is 134 g/mol. The Kier molecular flexibility index (Phi) is 13.8. The van der Waals surface area contributed by atoms with Crippen molar-refractivity contribution in [3.8, 4) is 0 Å². The van der Waals surface area contributed by atoms with Gasteiger partial charge in [-0.2, -0.15) is 0 Å². The summed E-state index contributed by atoms with van der Waals surface area (Å²) in [5, 5.41) is 2.66. The maximum atomic E-state index is 10.3. The molecule has 9 heavy (non-hydrogen) atoms. The van der Waals surface area contributed by atoms with Crippen LogP contribution < -0.4 is 5.32 Å². The molecule has 0 aliphatic rings. The summed E-state index contributed by atoms with van der Waals surface area (Å²) in [5.74, 6) is 0. The SMILES string of the molecule is CC.CCNC(=O)SC. The van der Waals surface area contributed by atoms with Gasteiger partial charge in [0, 0.05) is 6.54 Å². The average Bonchev–Trinajstić information content (AvgIpc) is 1.93. The quantitative estimate of drug-likeness (QED) is 0.618. The van der Waals surface area contributed by atoms with Crippen molar-refractivity contribution in [1.29, 1.82) is 0 Å². The standard InChI is InChI=1S/C4H9NOS.C2H6/c1-3-5-4(6)7-2;1-2/h3H2,1-2H3,(H,5,6);1-2H3. The van der Waals surface area contributed by atoms with Crippen molar-refractivity contribution < 1.29 is 4.79 Å². The smallest absolute Gasteiger partial charge is 0.278 e. The highest BCUT2D eigenvalue weighted by Crippen LogP contribution is 1.90. The topological polar surface area (TPSA) is 29.1 Å². The minimum atomic E-state index is 0.0440. The van der Waals surface area contributed by atoms with Crippen molar-refractivity contribution in [3.05, 3.63) is 0 Å². The second kappa shape index (κ2) is 10.7. The number of hydrogen-bond acceptors (Lipinski definition) is 2. The van der Waals surface area contributed by atoms with Gasteiger partial charge in [0.05, 0.1) is 0 Å². The Labute approximate surface area is 61.4 Å². The van der Waals surface area contributed by atoms with Gasteiger partial charge >= 0.3 is 0 Å². The van der Waals surface area contributed by atoms with Crippen LogP contribution in [0.25, 0.3) is 0 Å². The normalized spacial score (nSPS) is 7.11. The van der Waals surface area contributed by atoms with Gasteiger partial charge in [0.1, 0.15) is 0 Å². The lowest BCUT2D eigenvalue weighted by Crippen LogP contribution is -2.16. The molecule has 0 heterocycles. The number of rotatable bonds is 1. The average molecular weight is 149 g/mol. The van der Waals surface area contributed by atoms with Gasteiger partial charge < -0.3 is 5.32 Å². The van der Waals surface area contributed by atoms with Crippen LogP contribution >= 0.6 is 11.8 Å². The summed E-state index contributed by atoms with van der Waals surface area (Å²) in [6.45, 7) is 6.62. The first kappa shape index (κ1) is 11.6. The molecule has 1 N–H and O–H groups in total. The molecule has 0 fully saturated rings. The molecule has 0 radical (unpaired) electrons. The first-order valence-electron chi connectivity index (χ1n) is 3.13. The van der Waals surface area contributed by atoms with Gasteiger partial charge in [0.25, 0.3) is 5.24 Å². The Hall–Kier alpha value is -0.180. The molecule has 2 nitrogen and oxygen atoms in total. The molecule has 0 aliphatic heterocycles. The van der Waals surface area contributed by atoms with Crippen molar-refractivity contribution >= 4 is 17.0 Å². The van der Waals surface area contributed by atoms with Crippen LogP contribution in [0.5, 0.6) is 0 Å². The minimum absolute atomic E-state index is 0.0440. The molecule has 0 saturated carbocycles. The van der Waals surface area contributed by atoms with E-state index in [1.54, 1.807) is 6.26 Å². The maximum Gasteiger partial charge on any atom is 0.278 e. The zero-order chi connectivity index (χ0) is 7.70. The third kappa shape index (κ3) is 11.4. The first-order chi connectivity index (χ1) is 4.31. The Morgan fingerprint density at radius 1 is 1.56 bits per heavy atom. The summed E-state index contributed by atoms with van der Waals surface area (Å²) in [6.07, 6.45) is 1.75. The van der Waals surface area contributed by atoms with Crippen molar-refractivity contribution in [1.82, 2.24) is 5.32 Å². The Morgan fingerprint density at radius 2 is 2.00 bits per heavy atom. The molecule has 0 saturated heterocycles. The molecule has 0 aromatic heterocycles. The zero-order valence-electron chi connectivity index (χ0n) is 6.52. The Balaban J connectivity index is 0. The monoisotopic (exact) mass is 149 g/mol. The second-order valence-corrected chi connectivity index (χ2v) is 1.80. The van der Waals surface area contributed by atoms with Crippen LogP contribution in [0.4, 0.5) is 4.79 Å². The molecule has 56 valence electrons. The molecular formula is C6H15NOS. The number of thioether (sulfide) groups is 1. The van der Waals surface area contributed by atoms with E-state index in [-0.39, 0.29) is 5.24 Å². The number of hydrogen-bond donors (Lipinski definition) is 1. The fourth-order valence-corrected chi connectivity index (χ4v) is 0.505. The van der Waals surface area contributed by atoms with Crippen LogP contribution in [0.3, 0.4) is 0 Å². The van der Waals surface area contributed by atoms with Gasteiger partial charge in [-0.1, -0.05) is 25.6 Å². The number of amides is 1. The lowest BCUT2D eigenvalue weighted by atomic mass is 10.8. The second-order valence-electron chi connectivity index (χ2n) is 1.02. The highest BCUT2D eigenvalue weighted by Gasteiger charge is 1.89. The molecule has 0 aromatic carbocycles. The van der Waals surface area contributed by atoms with Crippen molar-refractivity contribution in [2.45, 2.75) is 20.8 Å². The molecule has 0 aromatic rings. The number of carbonyl (C=O) groups is 1. The van der Waals surface area contributed by atoms with E-state index in [0.29, 0.717) is 0 Å². The molecule has 0 atom stereocenters. The number of nitrogens with one attached hydrogen (secondary N) is 1. The fourth-order valence-electron chi connectivity index (χ4n) is 0.217. The first-order valence-corrected chi connectivity index (χ1v) is 4.35. The summed E-state index contributed by atoms with van der Waals surface area (Å²) in [4.78, 5) is 10.3. The largest absolute Gasteiger partial charge is 0.347 e. The lowest BCUT2D eigenvalue weighted by molar-refractivity contribution is 0.261. The van der Waals surface area contributed by atoms with E-state index in [0.717, 1.165) is 6.54 Å². The van der Waals surface area contributed by atoms with E-state index in [2.05, 4.69) is 5.32 Å². The third-order valence-corrected chi connectivity index (χ3v) is 1.02. The van der Waals surface area contributed by atoms with E-state index in [1.807, 2.05) is 20.8 Å². The molecule has 1 amide bonds. The fraction of sp³-hybridized carbons (Fsp3) is 0.833. The van der Waals surface area contributed by atoms with Crippen molar-refractivity contribution in [3.63, 3.8) is 0 Å². The van der Waals surface area contributed by atoms with E-state index >= 15 is 0 Å². The van der Waals surface area contributed by atoms with Crippen molar-refractivity contribution in [2.24, 2.45) is 0 Å². The van der Waals surface area contributed by atoms with Gasteiger partial charge in [0.2, 0.25) is 0 Å². The minimum Gasteiger partial charge on any atom is -0.347 e. The highest BCUT2D eigenvalue weighted by molar-refractivity contribution is 8.12. The number of carbonyl (C=O) groups excluding carboxylic acids is 1. The van der Waals surface area contributed by atoms with Crippen LogP contribution in [0.1, 0.15) is 20.8 Å². The molecule has 0 spiro atoms. The third-order valence-electron chi connectivity index (χ3n) is 0.507. The summed E-state index contributed by atoms with van der Waals surface area (Å²) in [5.41, 5.74) is 0. The maximum absolute atomic E-state index is 10.3. The van der Waals surface area contributed by atoms with Crippen molar-refractivity contribution in [2.75, 3.05) is 12.8 Å². The van der Waals surface area contributed by atoms with Gasteiger partial charge in [-0.25, -0.2) is 0 Å². The molecule has 0 rings (SSSR count). The van der Waals surface area contributed by atoms with E-state index in [9.17, 15) is 4.79 Å². The van der Waals surface area contributed by atoms with Gasteiger partial charge in [-0.15, -0.1) is 0 Å². The van der Waals surface area contributed by atoms with Crippen LogP contribution in [-0.2, 0) is 0 Å². The summed E-state index contributed by atoms with van der Waals surface area (Å²) >= 11 is 1.20. The molecule has 0 unspecified atom stereocenters. The van der Waals surface area contributed by atoms with Crippen LogP contribution in [0.15, 0.2) is 0 Å². The Morgan fingerprint density at radius 3 is 2.11 bits per heavy atom. The van der Waals surface area contributed by atoms with Gasteiger partial charge in [-0.05, 0) is 13.2 Å². The van der Waals surface area contributed by atoms with E-state index in [1.165, 1.54) is 11.8 Å². The lowest BCUT2D eigenvalue weighted by Gasteiger charge is -1.92. The summed E-state index contributed by atoms with van der Waals surface area (Å²) in [7, 11) is 0. The van der Waals surface area contributed by atoms with Crippen LogP contribution in [0, 0.1) is 0 Å². The van der Waals surface area contributed by atoms with E-state index < -0.39 is 0 Å². The van der Waals surface area contributed by atoms with Gasteiger partial charge in [0.15, 0.2) is 0 Å². The predicted octanol–water partition coefficient (Wildman–Crippen LogP) is 2.11. The summed E-state index contributed by atoms with van der Waals surface area (Å²) < 4.78 is 0. The molecule has 3 heteroatoms.